The topological polar surface area (TPSA) is 92.4 Å². The van der Waals surface area contributed by atoms with Gasteiger partial charge < -0.3 is 5.11 Å². The maximum atomic E-state index is 10.8. The van der Waals surface area contributed by atoms with E-state index in [0.29, 0.717) is 5.56 Å². The Kier molecular flexibility index (Phi) is 5.69. The number of nitrogens with one attached hydrogen (secondary N) is 1. The van der Waals surface area contributed by atoms with Gasteiger partial charge in [-0.2, -0.15) is 13.2 Å². The van der Waals surface area contributed by atoms with Gasteiger partial charge >= 0.3 is 12.1 Å². The number of carboxylic acids is 1. The van der Waals surface area contributed by atoms with Gasteiger partial charge in [0.2, 0.25) is 0 Å². The first kappa shape index (κ1) is 14.9. The summed E-state index contributed by atoms with van der Waals surface area (Å²) in [4.78, 5) is 19.7. The third-order valence-electron chi connectivity index (χ3n) is 1.41. The van der Waals surface area contributed by atoms with E-state index in [1.54, 1.807) is 24.3 Å². The van der Waals surface area contributed by atoms with Gasteiger partial charge in [-0.25, -0.2) is 10.6 Å². The fraction of sp³-hybridized carbons (Fsp3) is 0.111. The van der Waals surface area contributed by atoms with Crippen molar-refractivity contribution < 1.29 is 27.9 Å². The molecule has 0 aliphatic carbocycles. The minimum absolute atomic E-state index is 0.263. The van der Waals surface area contributed by atoms with E-state index in [1.165, 1.54) is 0 Å². The summed E-state index contributed by atoms with van der Waals surface area (Å²) >= 11 is 0. The lowest BCUT2D eigenvalue weighted by Gasteiger charge is -1.95. The zero-order valence-electron chi connectivity index (χ0n) is 8.36. The molecule has 0 radical (unpaired) electrons. The molecule has 1 rings (SSSR count). The fourth-order valence-electron chi connectivity index (χ4n) is 0.673. The van der Waals surface area contributed by atoms with Gasteiger partial charge in [-0.3, -0.25) is 10.2 Å². The van der Waals surface area contributed by atoms with Gasteiger partial charge in [0.1, 0.15) is 0 Å². The highest BCUT2D eigenvalue weighted by Crippen LogP contribution is 2.13. The molecule has 1 amide bonds. The average molecular weight is 250 g/mol. The van der Waals surface area contributed by atoms with Gasteiger partial charge in [-0.1, -0.05) is 18.2 Å². The quantitative estimate of drug-likeness (QED) is 0.392. The van der Waals surface area contributed by atoms with Crippen molar-refractivity contribution in [1.82, 2.24) is 5.43 Å². The number of hydrazine groups is 1. The van der Waals surface area contributed by atoms with Crippen LogP contribution < -0.4 is 11.3 Å². The van der Waals surface area contributed by atoms with E-state index in [9.17, 15) is 18.0 Å². The van der Waals surface area contributed by atoms with Crippen molar-refractivity contribution in [3.63, 3.8) is 0 Å². The molecule has 94 valence electrons. The second-order valence-corrected chi connectivity index (χ2v) is 2.64. The molecule has 1 aromatic carbocycles. The molecule has 0 heterocycles. The van der Waals surface area contributed by atoms with Crippen molar-refractivity contribution >= 4 is 11.9 Å². The van der Waals surface area contributed by atoms with Crippen LogP contribution in [0, 0.1) is 0 Å². The first-order chi connectivity index (χ1) is 7.79. The number of alkyl halides is 3. The SMILES string of the molecule is NNC(=O)c1ccccc1.O=C(O)C(F)(F)F. The van der Waals surface area contributed by atoms with Crippen LogP contribution in [0.25, 0.3) is 0 Å². The van der Waals surface area contributed by atoms with Crippen molar-refractivity contribution in [2.75, 3.05) is 0 Å². The van der Waals surface area contributed by atoms with Crippen molar-refractivity contribution in [3.05, 3.63) is 35.9 Å². The third-order valence-corrected chi connectivity index (χ3v) is 1.41. The van der Waals surface area contributed by atoms with Crippen LogP contribution in [0.3, 0.4) is 0 Å². The monoisotopic (exact) mass is 250 g/mol. The maximum Gasteiger partial charge on any atom is 0.490 e. The minimum Gasteiger partial charge on any atom is -0.475 e. The third kappa shape index (κ3) is 6.15. The Balaban J connectivity index is 0.000000325. The van der Waals surface area contributed by atoms with Crippen LogP contribution in [0.5, 0.6) is 0 Å². The predicted molar refractivity (Wildman–Crippen MR) is 51.8 cm³/mol. The highest BCUT2D eigenvalue weighted by atomic mass is 19.4. The summed E-state index contributed by atoms with van der Waals surface area (Å²) in [6.07, 6.45) is -5.08. The number of halogens is 3. The number of nitrogen functional groups attached to an aromatic ring is 1. The first-order valence-electron chi connectivity index (χ1n) is 4.15. The van der Waals surface area contributed by atoms with Crippen LogP contribution in [0.15, 0.2) is 30.3 Å². The maximum absolute atomic E-state index is 10.8. The van der Waals surface area contributed by atoms with Crippen molar-refractivity contribution in [3.8, 4) is 0 Å². The predicted octanol–water partition coefficient (Wildman–Crippen LogP) is 0.923. The number of carbonyl (C=O) groups excluding carboxylic acids is 1. The van der Waals surface area contributed by atoms with E-state index >= 15 is 0 Å². The molecular weight excluding hydrogens is 241 g/mol. The largest absolute Gasteiger partial charge is 0.490 e. The van der Waals surface area contributed by atoms with Crippen LogP contribution in [0.4, 0.5) is 13.2 Å². The lowest BCUT2D eigenvalue weighted by Crippen LogP contribution is -2.29. The van der Waals surface area contributed by atoms with E-state index < -0.39 is 12.1 Å². The molecule has 0 saturated heterocycles. The molecule has 0 saturated carbocycles. The Morgan fingerprint density at radius 1 is 1.18 bits per heavy atom. The zero-order valence-corrected chi connectivity index (χ0v) is 8.36. The van der Waals surface area contributed by atoms with Crippen LogP contribution >= 0.6 is 0 Å². The summed E-state index contributed by atoms with van der Waals surface area (Å²) in [5.74, 6) is 1.88. The van der Waals surface area contributed by atoms with Crippen molar-refractivity contribution in [2.45, 2.75) is 6.18 Å². The van der Waals surface area contributed by atoms with Crippen LogP contribution in [0.2, 0.25) is 0 Å². The summed E-state index contributed by atoms with van der Waals surface area (Å²) < 4.78 is 31.7. The molecule has 0 bridgehead atoms. The standard InChI is InChI=1S/C7H8N2O.C2HF3O2/c8-9-7(10)6-4-2-1-3-5-6;3-2(4,5)1(6)7/h1-5H,8H2,(H,9,10);(H,6,7). The second kappa shape index (κ2) is 6.48. The van der Waals surface area contributed by atoms with Crippen molar-refractivity contribution in [1.29, 1.82) is 0 Å². The van der Waals surface area contributed by atoms with E-state index in [4.69, 9.17) is 15.7 Å². The average Bonchev–Trinajstić information content (AvgIpc) is 2.28. The number of hydrogen-bond acceptors (Lipinski definition) is 3. The number of carbonyl (C=O) groups is 2. The molecule has 17 heavy (non-hydrogen) atoms. The number of hydrogen-bond donors (Lipinski definition) is 3. The number of nitrogens with two attached hydrogens (primary N) is 1. The van der Waals surface area contributed by atoms with E-state index in [-0.39, 0.29) is 5.91 Å². The summed E-state index contributed by atoms with van der Waals surface area (Å²) in [5, 5.41) is 7.12. The summed E-state index contributed by atoms with van der Waals surface area (Å²) in [6.45, 7) is 0. The molecule has 0 aliphatic rings. The number of amides is 1. The summed E-state index contributed by atoms with van der Waals surface area (Å²) in [7, 11) is 0. The Hall–Kier alpha value is -2.09. The smallest absolute Gasteiger partial charge is 0.475 e. The fourth-order valence-corrected chi connectivity index (χ4v) is 0.673. The van der Waals surface area contributed by atoms with Crippen LogP contribution in [0.1, 0.15) is 10.4 Å². The summed E-state index contributed by atoms with van der Waals surface area (Å²) in [6, 6.07) is 8.80. The Morgan fingerprint density at radius 3 is 1.88 bits per heavy atom. The molecule has 4 N–H and O–H groups in total. The molecular formula is C9H9F3N2O3. The van der Waals surface area contributed by atoms with Gasteiger partial charge in [0.05, 0.1) is 0 Å². The molecule has 5 nitrogen and oxygen atoms in total. The van der Waals surface area contributed by atoms with E-state index in [2.05, 4.69) is 0 Å². The number of benzene rings is 1. The van der Waals surface area contributed by atoms with Gasteiger partial charge in [0.15, 0.2) is 0 Å². The Bertz CT molecular complexity index is 379. The van der Waals surface area contributed by atoms with Gasteiger partial charge in [-0.15, -0.1) is 0 Å². The Morgan fingerprint density at radius 2 is 1.59 bits per heavy atom. The first-order valence-corrected chi connectivity index (χ1v) is 4.15. The van der Waals surface area contributed by atoms with Gasteiger partial charge in [0.25, 0.3) is 5.91 Å². The van der Waals surface area contributed by atoms with Crippen molar-refractivity contribution in [2.24, 2.45) is 5.84 Å². The summed E-state index contributed by atoms with van der Waals surface area (Å²) in [5.41, 5.74) is 2.62. The number of rotatable bonds is 1. The Labute approximate surface area is 94.0 Å². The minimum atomic E-state index is -5.08. The lowest BCUT2D eigenvalue weighted by atomic mass is 10.2. The van der Waals surface area contributed by atoms with E-state index in [0.717, 1.165) is 0 Å². The molecule has 0 aliphatic heterocycles. The molecule has 0 atom stereocenters. The highest BCUT2D eigenvalue weighted by Gasteiger charge is 2.38. The molecule has 0 fully saturated rings. The van der Waals surface area contributed by atoms with Crippen LogP contribution in [-0.2, 0) is 4.79 Å². The highest BCUT2D eigenvalue weighted by molar-refractivity contribution is 5.93. The van der Waals surface area contributed by atoms with Gasteiger partial charge in [-0.05, 0) is 12.1 Å². The lowest BCUT2D eigenvalue weighted by molar-refractivity contribution is -0.192. The molecule has 0 unspecified atom stereocenters. The normalized spacial score (nSPS) is 9.88. The van der Waals surface area contributed by atoms with E-state index in [1.807, 2.05) is 11.5 Å². The molecule has 8 heteroatoms. The molecule has 1 aromatic rings. The molecule has 0 spiro atoms. The number of carboxylic acid groups (broad SMARTS) is 1. The second-order valence-electron chi connectivity index (χ2n) is 2.64. The number of aliphatic carboxylic acids is 1. The van der Waals surface area contributed by atoms with Gasteiger partial charge in [0, 0.05) is 5.56 Å². The zero-order chi connectivity index (χ0) is 13.5. The van der Waals surface area contributed by atoms with Crippen LogP contribution in [-0.4, -0.2) is 23.2 Å². The molecule has 0 aromatic heterocycles.